The number of nitrogens with zero attached hydrogens (tertiary/aromatic N) is 4. The van der Waals surface area contributed by atoms with E-state index in [0.29, 0.717) is 48.7 Å². The molecule has 2 N–H and O–H groups in total. The van der Waals surface area contributed by atoms with Gasteiger partial charge in [-0.05, 0) is 54.3 Å². The van der Waals surface area contributed by atoms with Crippen molar-refractivity contribution in [2.75, 3.05) is 38.1 Å². The maximum Gasteiger partial charge on any atom is 0.260 e. The topological polar surface area (TPSA) is 111 Å². The van der Waals surface area contributed by atoms with Crippen LogP contribution < -0.4 is 29.7 Å². The zero-order valence-electron chi connectivity index (χ0n) is 24.0. The Hall–Kier alpha value is -4.57. The third-order valence-corrected chi connectivity index (χ3v) is 7.54. The van der Waals surface area contributed by atoms with Crippen LogP contribution in [-0.4, -0.2) is 48.7 Å². The Bertz CT molecular complexity index is 1580. The third-order valence-electron chi connectivity index (χ3n) is 7.25. The summed E-state index contributed by atoms with van der Waals surface area (Å²) in [6.45, 7) is 3.80. The molecule has 0 bridgehead atoms. The van der Waals surface area contributed by atoms with E-state index in [0.717, 1.165) is 34.6 Å². The largest absolute Gasteiger partial charge is 0.496 e. The number of aromatic nitrogens is 3. The number of methoxy groups -OCH3 is 3. The number of benzene rings is 2. The first-order valence-corrected chi connectivity index (χ1v) is 13.9. The highest BCUT2D eigenvalue weighted by Gasteiger charge is 2.27. The van der Waals surface area contributed by atoms with E-state index in [1.807, 2.05) is 43.3 Å². The monoisotopic (exact) mass is 588 g/mol. The molecule has 0 radical (unpaired) electrons. The second kappa shape index (κ2) is 12.9. The Morgan fingerprint density at radius 2 is 1.83 bits per heavy atom. The molecular weight excluding hydrogens is 556 g/mol. The summed E-state index contributed by atoms with van der Waals surface area (Å²) in [5, 5.41) is 6.79. The van der Waals surface area contributed by atoms with Gasteiger partial charge in [-0.1, -0.05) is 35.9 Å². The Kier molecular flexibility index (Phi) is 8.92. The van der Waals surface area contributed by atoms with Crippen molar-refractivity contribution in [3.63, 3.8) is 0 Å². The summed E-state index contributed by atoms with van der Waals surface area (Å²) in [6.07, 6.45) is 2.52. The molecule has 1 amide bonds. The summed E-state index contributed by atoms with van der Waals surface area (Å²) in [6, 6.07) is 15.3. The number of carbonyl (C=O) groups is 1. The van der Waals surface area contributed by atoms with Crippen LogP contribution in [0.2, 0.25) is 5.02 Å². The van der Waals surface area contributed by atoms with Gasteiger partial charge in [0.2, 0.25) is 11.8 Å². The van der Waals surface area contributed by atoms with Gasteiger partial charge < -0.3 is 29.7 Å². The fourth-order valence-corrected chi connectivity index (χ4v) is 5.22. The molecule has 2 aromatic heterocycles. The van der Waals surface area contributed by atoms with Crippen LogP contribution >= 0.6 is 11.6 Å². The molecular formula is C31H33ClN6O4. The number of carbonyl (C=O) groups excluding carboxylic acids is 1. The number of amides is 1. The maximum atomic E-state index is 13.6. The van der Waals surface area contributed by atoms with E-state index in [9.17, 15) is 4.79 Å². The zero-order chi connectivity index (χ0) is 29.6. The summed E-state index contributed by atoms with van der Waals surface area (Å²) >= 11 is 6.36. The van der Waals surface area contributed by atoms with Crippen molar-refractivity contribution in [3.05, 3.63) is 93.3 Å². The molecule has 11 heteroatoms. The van der Waals surface area contributed by atoms with E-state index in [2.05, 4.69) is 26.6 Å². The highest BCUT2D eigenvalue weighted by Crippen LogP contribution is 2.33. The molecule has 4 aromatic rings. The van der Waals surface area contributed by atoms with Gasteiger partial charge in [0.1, 0.15) is 22.9 Å². The standard InChI is InChI=1S/C31H33ClN6O4/c1-19-22(8-6-13-33-19)17-35-29(39)27-28(34-16-20-10-11-26(41-3)24(32)15-20)36-31(37-30(27)42-4)38-14-12-21-7-5-9-25(40-2)23(21)18-38/h5-11,13,15H,12,14,16-18H2,1-4H3,(H,35,39)(H,34,36,37). The predicted molar refractivity (Wildman–Crippen MR) is 162 cm³/mol. The number of halogens is 1. The zero-order valence-corrected chi connectivity index (χ0v) is 24.8. The van der Waals surface area contributed by atoms with Crippen LogP contribution in [0.1, 0.15) is 38.3 Å². The lowest BCUT2D eigenvalue weighted by Crippen LogP contribution is -2.33. The minimum absolute atomic E-state index is 0.168. The number of anilines is 2. The fourth-order valence-electron chi connectivity index (χ4n) is 4.94. The molecule has 3 heterocycles. The van der Waals surface area contributed by atoms with Crippen LogP contribution in [0.25, 0.3) is 0 Å². The van der Waals surface area contributed by atoms with Crippen molar-refractivity contribution in [2.24, 2.45) is 0 Å². The first-order chi connectivity index (χ1) is 20.4. The first-order valence-electron chi connectivity index (χ1n) is 13.5. The number of hydrogen-bond donors (Lipinski definition) is 2. The van der Waals surface area contributed by atoms with Crippen LogP contribution in [0.5, 0.6) is 17.4 Å². The number of nitrogens with one attached hydrogen (secondary N) is 2. The minimum atomic E-state index is -0.373. The van der Waals surface area contributed by atoms with Gasteiger partial charge in [0.15, 0.2) is 0 Å². The predicted octanol–water partition coefficient (Wildman–Crippen LogP) is 4.96. The highest BCUT2D eigenvalue weighted by molar-refractivity contribution is 6.32. The normalized spacial score (nSPS) is 12.4. The molecule has 0 fully saturated rings. The third kappa shape index (κ3) is 6.18. The van der Waals surface area contributed by atoms with Crippen LogP contribution in [0.3, 0.4) is 0 Å². The smallest absolute Gasteiger partial charge is 0.260 e. The summed E-state index contributed by atoms with van der Waals surface area (Å²) in [5.41, 5.74) is 5.16. The van der Waals surface area contributed by atoms with Crippen LogP contribution in [-0.2, 0) is 26.1 Å². The molecule has 5 rings (SSSR count). The van der Waals surface area contributed by atoms with Gasteiger partial charge in [-0.25, -0.2) is 0 Å². The van der Waals surface area contributed by atoms with Crippen LogP contribution in [0.15, 0.2) is 54.7 Å². The van der Waals surface area contributed by atoms with Crippen molar-refractivity contribution in [3.8, 4) is 17.4 Å². The fraction of sp³-hybridized carbons (Fsp3) is 0.290. The van der Waals surface area contributed by atoms with Crippen LogP contribution in [0, 0.1) is 6.92 Å². The lowest BCUT2D eigenvalue weighted by molar-refractivity contribution is 0.0947. The Morgan fingerprint density at radius 3 is 2.57 bits per heavy atom. The van der Waals surface area contributed by atoms with Crippen LogP contribution in [0.4, 0.5) is 11.8 Å². The molecule has 0 spiro atoms. The molecule has 1 aliphatic rings. The first kappa shape index (κ1) is 28.9. The van der Waals surface area contributed by atoms with Gasteiger partial charge in [0.25, 0.3) is 5.91 Å². The number of rotatable bonds is 10. The Labute approximate surface area is 250 Å². The van der Waals surface area contributed by atoms with E-state index in [1.165, 1.54) is 12.7 Å². The van der Waals surface area contributed by atoms with E-state index >= 15 is 0 Å². The Balaban J connectivity index is 1.48. The number of hydrogen-bond acceptors (Lipinski definition) is 9. The number of aryl methyl sites for hydroxylation is 1. The summed E-state index contributed by atoms with van der Waals surface area (Å²) in [4.78, 5) is 29.5. The number of ether oxygens (including phenoxy) is 3. The SMILES string of the molecule is COc1ccc(CNc2nc(N3CCc4cccc(OC)c4C3)nc(OC)c2C(=O)NCc2cccnc2C)cc1Cl. The van der Waals surface area contributed by atoms with Gasteiger partial charge in [0.05, 0.1) is 26.4 Å². The molecule has 42 heavy (non-hydrogen) atoms. The molecule has 0 saturated carbocycles. The van der Waals surface area contributed by atoms with E-state index in [-0.39, 0.29) is 17.4 Å². The molecule has 0 unspecified atom stereocenters. The molecule has 0 atom stereocenters. The van der Waals surface area contributed by atoms with Crippen molar-refractivity contribution in [1.29, 1.82) is 0 Å². The quantitative estimate of drug-likeness (QED) is 0.265. The number of pyridine rings is 1. The summed E-state index contributed by atoms with van der Waals surface area (Å²) < 4.78 is 16.6. The van der Waals surface area contributed by atoms with Gasteiger partial charge in [0, 0.05) is 43.6 Å². The van der Waals surface area contributed by atoms with Crippen molar-refractivity contribution >= 4 is 29.3 Å². The van der Waals surface area contributed by atoms with Gasteiger partial charge >= 0.3 is 0 Å². The van der Waals surface area contributed by atoms with E-state index in [1.54, 1.807) is 26.5 Å². The van der Waals surface area contributed by atoms with Gasteiger partial charge in [-0.2, -0.15) is 9.97 Å². The van der Waals surface area contributed by atoms with E-state index in [4.69, 9.17) is 35.8 Å². The second-order valence-electron chi connectivity index (χ2n) is 9.78. The molecule has 1 aliphatic heterocycles. The highest BCUT2D eigenvalue weighted by atomic mass is 35.5. The lowest BCUT2D eigenvalue weighted by atomic mass is 9.99. The maximum absolute atomic E-state index is 13.6. The lowest BCUT2D eigenvalue weighted by Gasteiger charge is -2.30. The van der Waals surface area contributed by atoms with Gasteiger partial charge in [-0.15, -0.1) is 0 Å². The molecule has 0 aliphatic carbocycles. The molecule has 10 nitrogen and oxygen atoms in total. The molecule has 0 saturated heterocycles. The minimum Gasteiger partial charge on any atom is -0.496 e. The second-order valence-corrected chi connectivity index (χ2v) is 10.2. The number of fused-ring (bicyclic) bond motifs is 1. The average Bonchev–Trinajstić information content (AvgIpc) is 3.02. The summed E-state index contributed by atoms with van der Waals surface area (Å²) in [7, 11) is 4.73. The van der Waals surface area contributed by atoms with Crippen molar-refractivity contribution in [1.82, 2.24) is 20.3 Å². The van der Waals surface area contributed by atoms with Gasteiger partial charge in [-0.3, -0.25) is 9.78 Å². The molecule has 2 aromatic carbocycles. The molecule has 218 valence electrons. The van der Waals surface area contributed by atoms with E-state index < -0.39 is 0 Å². The Morgan fingerprint density at radius 1 is 1.00 bits per heavy atom. The average molecular weight is 589 g/mol. The summed E-state index contributed by atoms with van der Waals surface area (Å²) in [5.74, 6) is 1.98. The van der Waals surface area contributed by atoms with Crippen molar-refractivity contribution < 1.29 is 19.0 Å². The van der Waals surface area contributed by atoms with Crippen molar-refractivity contribution in [2.45, 2.75) is 33.0 Å².